The Balaban J connectivity index is 3.44. The first-order chi connectivity index (χ1) is 9.04. The lowest BCUT2D eigenvalue weighted by Crippen LogP contribution is -2.44. The van der Waals surface area contributed by atoms with Crippen LogP contribution in [0, 0.1) is 19.3 Å². The molecule has 0 aliphatic carbocycles. The number of nitrogens with two attached hydrogens (primary N) is 1. The molecule has 1 aromatic rings. The average molecular weight is 298 g/mol. The van der Waals surface area contributed by atoms with E-state index in [1.165, 1.54) is 13.1 Å². The lowest BCUT2D eigenvalue weighted by atomic mass is 10.1. The molecule has 0 saturated carbocycles. The van der Waals surface area contributed by atoms with Gasteiger partial charge in [0.2, 0.25) is 0 Å². The van der Waals surface area contributed by atoms with Crippen LogP contribution < -0.4 is 16.0 Å². The molecule has 20 heavy (non-hydrogen) atoms. The van der Waals surface area contributed by atoms with Crippen LogP contribution in [0.3, 0.4) is 0 Å². The highest BCUT2D eigenvalue weighted by molar-refractivity contribution is 7.90. The van der Waals surface area contributed by atoms with E-state index in [9.17, 15) is 13.2 Å². The van der Waals surface area contributed by atoms with E-state index in [1.54, 1.807) is 19.9 Å². The van der Waals surface area contributed by atoms with Gasteiger partial charge in [0, 0.05) is 13.3 Å². The normalized spacial score (nSPS) is 11.0. The molecule has 0 atom stereocenters. The van der Waals surface area contributed by atoms with Crippen molar-refractivity contribution in [3.63, 3.8) is 0 Å². The predicted molar refractivity (Wildman–Crippen MR) is 77.9 cm³/mol. The summed E-state index contributed by atoms with van der Waals surface area (Å²) in [6.07, 6.45) is 1.08. The number of carbonyl (C=O) groups is 1. The first kappa shape index (κ1) is 16.0. The van der Waals surface area contributed by atoms with E-state index in [4.69, 9.17) is 11.1 Å². The summed E-state index contributed by atoms with van der Waals surface area (Å²) in [7, 11) is -2.07. The van der Waals surface area contributed by atoms with Crippen molar-refractivity contribution in [3.8, 4) is 0 Å². The van der Waals surface area contributed by atoms with Gasteiger partial charge >= 0.3 is 6.03 Å². The number of urea groups is 1. The summed E-state index contributed by atoms with van der Waals surface area (Å²) in [5, 5.41) is 9.16. The summed E-state index contributed by atoms with van der Waals surface area (Å²) in [6.45, 7) is 3.50. The quantitative estimate of drug-likeness (QED) is 0.551. The van der Waals surface area contributed by atoms with Crippen LogP contribution in [-0.4, -0.2) is 33.7 Å². The Morgan fingerprint density at radius 2 is 1.90 bits per heavy atom. The summed E-state index contributed by atoms with van der Waals surface area (Å²) in [5.74, 6) is -0.507. The van der Waals surface area contributed by atoms with Crippen molar-refractivity contribution in [1.82, 2.24) is 5.32 Å². The van der Waals surface area contributed by atoms with E-state index in [0.717, 1.165) is 16.7 Å². The second kappa shape index (κ2) is 5.49. The number of hydrogen-bond acceptors (Lipinski definition) is 4. The SMILES string of the molecule is Cc1cc(C)c(N(C)C(=O)NC(=N)N)c(S(C)(=O)=O)c1. The van der Waals surface area contributed by atoms with E-state index in [0.29, 0.717) is 5.56 Å². The van der Waals surface area contributed by atoms with Gasteiger partial charge in [0.05, 0.1) is 10.6 Å². The first-order valence-electron chi connectivity index (χ1n) is 5.74. The van der Waals surface area contributed by atoms with Gasteiger partial charge < -0.3 is 5.73 Å². The van der Waals surface area contributed by atoms with Crippen molar-refractivity contribution in [1.29, 1.82) is 5.41 Å². The molecular formula is C12H18N4O3S. The molecule has 0 spiro atoms. The maximum Gasteiger partial charge on any atom is 0.328 e. The molecule has 0 fully saturated rings. The van der Waals surface area contributed by atoms with Crippen molar-refractivity contribution in [3.05, 3.63) is 23.3 Å². The smallest absolute Gasteiger partial charge is 0.328 e. The summed E-state index contributed by atoms with van der Waals surface area (Å²) < 4.78 is 23.8. The second-order valence-electron chi connectivity index (χ2n) is 4.60. The molecule has 110 valence electrons. The van der Waals surface area contributed by atoms with Gasteiger partial charge in [-0.25, -0.2) is 13.2 Å². The number of aryl methyl sites for hydroxylation is 2. The number of rotatable bonds is 2. The molecule has 0 unspecified atom stereocenters. The van der Waals surface area contributed by atoms with E-state index in [2.05, 4.69) is 5.32 Å². The summed E-state index contributed by atoms with van der Waals surface area (Å²) in [4.78, 5) is 13.1. The monoisotopic (exact) mass is 298 g/mol. The van der Waals surface area contributed by atoms with Crippen molar-refractivity contribution in [2.24, 2.45) is 5.73 Å². The third kappa shape index (κ3) is 3.47. The van der Waals surface area contributed by atoms with Gasteiger partial charge in [0.15, 0.2) is 15.8 Å². The molecule has 1 aromatic carbocycles. The highest BCUT2D eigenvalue weighted by atomic mass is 32.2. The number of benzene rings is 1. The third-order valence-corrected chi connectivity index (χ3v) is 3.80. The minimum Gasteiger partial charge on any atom is -0.370 e. The third-order valence-electron chi connectivity index (χ3n) is 2.69. The van der Waals surface area contributed by atoms with E-state index < -0.39 is 21.8 Å². The Kier molecular flexibility index (Phi) is 4.39. The van der Waals surface area contributed by atoms with Gasteiger partial charge in [-0.2, -0.15) is 0 Å². The molecule has 4 N–H and O–H groups in total. The largest absolute Gasteiger partial charge is 0.370 e. The number of nitrogens with one attached hydrogen (secondary N) is 2. The maximum absolute atomic E-state index is 11.9. The van der Waals surface area contributed by atoms with E-state index in [1.807, 2.05) is 0 Å². The zero-order valence-electron chi connectivity index (χ0n) is 11.8. The fourth-order valence-corrected chi connectivity index (χ4v) is 2.98. The highest BCUT2D eigenvalue weighted by Crippen LogP contribution is 2.29. The number of guanidine groups is 1. The van der Waals surface area contributed by atoms with Gasteiger partial charge in [-0.05, 0) is 31.0 Å². The van der Waals surface area contributed by atoms with Crippen LogP contribution in [0.1, 0.15) is 11.1 Å². The van der Waals surface area contributed by atoms with Gasteiger partial charge in [-0.1, -0.05) is 6.07 Å². The van der Waals surface area contributed by atoms with Gasteiger partial charge in [0.25, 0.3) is 0 Å². The molecule has 0 aliphatic heterocycles. The number of anilines is 1. The molecule has 0 aromatic heterocycles. The lowest BCUT2D eigenvalue weighted by molar-refractivity contribution is 0.251. The minimum absolute atomic E-state index is 0.0659. The Hall–Kier alpha value is -2.09. The van der Waals surface area contributed by atoms with Crippen molar-refractivity contribution in [2.75, 3.05) is 18.2 Å². The minimum atomic E-state index is -3.49. The number of sulfone groups is 1. The molecule has 0 aliphatic rings. The average Bonchev–Trinajstić information content (AvgIpc) is 2.24. The van der Waals surface area contributed by atoms with E-state index in [-0.39, 0.29) is 10.6 Å². The number of amides is 2. The molecule has 8 heteroatoms. The van der Waals surface area contributed by atoms with Gasteiger partial charge in [-0.15, -0.1) is 0 Å². The number of hydrogen-bond donors (Lipinski definition) is 3. The second-order valence-corrected chi connectivity index (χ2v) is 6.59. The molecule has 0 bridgehead atoms. The Bertz CT molecular complexity index is 668. The van der Waals surface area contributed by atoms with Crippen molar-refractivity contribution in [2.45, 2.75) is 18.7 Å². The number of carbonyl (C=O) groups excluding carboxylic acids is 1. The zero-order chi connectivity index (χ0) is 15.7. The standard InChI is InChI=1S/C12H18N4O3S/c1-7-5-8(2)10(9(6-7)20(4,18)19)16(3)12(17)15-11(13)14/h5-6H,1-4H3,(H4,13,14,15,17). The topological polar surface area (TPSA) is 116 Å². The summed E-state index contributed by atoms with van der Waals surface area (Å²) in [5.41, 5.74) is 6.81. The van der Waals surface area contributed by atoms with Crippen LogP contribution in [0.4, 0.5) is 10.5 Å². The predicted octanol–water partition coefficient (Wildman–Crippen LogP) is 0.746. The molecule has 0 saturated heterocycles. The molecule has 1 rings (SSSR count). The molecule has 7 nitrogen and oxygen atoms in total. The first-order valence-corrected chi connectivity index (χ1v) is 7.63. The highest BCUT2D eigenvalue weighted by Gasteiger charge is 2.22. The fourth-order valence-electron chi connectivity index (χ4n) is 1.93. The fraction of sp³-hybridized carbons (Fsp3) is 0.333. The maximum atomic E-state index is 11.9. The van der Waals surface area contributed by atoms with Gasteiger partial charge in [-0.3, -0.25) is 15.6 Å². The van der Waals surface area contributed by atoms with Crippen molar-refractivity contribution < 1.29 is 13.2 Å². The van der Waals surface area contributed by atoms with Gasteiger partial charge in [0.1, 0.15) is 0 Å². The van der Waals surface area contributed by atoms with Crippen LogP contribution in [0.2, 0.25) is 0 Å². The molecule has 0 heterocycles. The molecular weight excluding hydrogens is 280 g/mol. The van der Waals surface area contributed by atoms with Crippen LogP contribution in [0.5, 0.6) is 0 Å². The Morgan fingerprint density at radius 3 is 2.35 bits per heavy atom. The molecule has 2 amide bonds. The molecule has 0 radical (unpaired) electrons. The number of nitrogens with zero attached hydrogens (tertiary/aromatic N) is 1. The lowest BCUT2D eigenvalue weighted by Gasteiger charge is -2.22. The van der Waals surface area contributed by atoms with Crippen LogP contribution in [0.25, 0.3) is 0 Å². The van der Waals surface area contributed by atoms with E-state index >= 15 is 0 Å². The Labute approximate surface area is 118 Å². The zero-order valence-corrected chi connectivity index (χ0v) is 12.6. The van der Waals surface area contributed by atoms with Crippen LogP contribution in [0.15, 0.2) is 17.0 Å². The van der Waals surface area contributed by atoms with Crippen LogP contribution in [-0.2, 0) is 9.84 Å². The summed E-state index contributed by atoms with van der Waals surface area (Å²) in [6, 6.07) is 2.62. The summed E-state index contributed by atoms with van der Waals surface area (Å²) >= 11 is 0. The van der Waals surface area contributed by atoms with Crippen molar-refractivity contribution >= 4 is 27.5 Å². The van der Waals surface area contributed by atoms with Crippen LogP contribution >= 0.6 is 0 Å². The Morgan fingerprint density at radius 1 is 1.35 bits per heavy atom.